The highest BCUT2D eigenvalue weighted by atomic mass is 31.2. The van der Waals surface area contributed by atoms with Gasteiger partial charge in [0.1, 0.15) is 6.23 Å². The second-order valence-corrected chi connectivity index (χ2v) is 6.61. The Hall–Kier alpha value is -1.21. The van der Waals surface area contributed by atoms with E-state index in [1.165, 1.54) is 16.8 Å². The van der Waals surface area contributed by atoms with Gasteiger partial charge in [-0.05, 0) is 25.7 Å². The van der Waals surface area contributed by atoms with Gasteiger partial charge in [0.2, 0.25) is 0 Å². The van der Waals surface area contributed by atoms with Crippen LogP contribution in [-0.4, -0.2) is 31.6 Å². The van der Waals surface area contributed by atoms with Crippen LogP contribution in [0.25, 0.3) is 0 Å². The second kappa shape index (κ2) is 6.05. The highest BCUT2D eigenvalue weighted by Crippen LogP contribution is 2.37. The molecule has 20 heavy (non-hydrogen) atoms. The molecule has 1 aliphatic rings. The molecule has 1 aromatic heterocycles. The van der Waals surface area contributed by atoms with Crippen molar-refractivity contribution in [2.24, 2.45) is 0 Å². The van der Waals surface area contributed by atoms with E-state index in [0.29, 0.717) is 19.3 Å². The molecule has 0 radical (unpaired) electrons. The van der Waals surface area contributed by atoms with E-state index in [1.807, 2.05) is 0 Å². The Morgan fingerprint density at radius 1 is 1.40 bits per heavy atom. The van der Waals surface area contributed by atoms with Gasteiger partial charge in [0.05, 0.1) is 6.10 Å². The van der Waals surface area contributed by atoms with Crippen LogP contribution >= 0.6 is 7.60 Å². The maximum atomic E-state index is 11.6. The minimum Gasteiger partial charge on any atom is -0.355 e. The highest BCUT2D eigenvalue weighted by molar-refractivity contribution is 7.51. The van der Waals surface area contributed by atoms with Crippen molar-refractivity contribution in [3.05, 3.63) is 33.1 Å². The van der Waals surface area contributed by atoms with Gasteiger partial charge in [0.15, 0.2) is 0 Å². The zero-order chi connectivity index (χ0) is 14.8. The molecule has 1 aromatic rings. The van der Waals surface area contributed by atoms with Crippen molar-refractivity contribution >= 4 is 7.60 Å². The summed E-state index contributed by atoms with van der Waals surface area (Å²) in [5, 5.41) is 0. The quantitative estimate of drug-likeness (QED) is 0.667. The fraction of sp³-hybridized carbons (Fsp3) is 0.636. The smallest absolute Gasteiger partial charge is 0.330 e. The number of rotatable bonds is 5. The van der Waals surface area contributed by atoms with Crippen LogP contribution in [0.4, 0.5) is 0 Å². The summed E-state index contributed by atoms with van der Waals surface area (Å²) in [5.41, 5.74) is -0.971. The number of nitrogens with one attached hydrogen (secondary N) is 1. The predicted octanol–water partition coefficient (Wildman–Crippen LogP) is 0.172. The van der Waals surface area contributed by atoms with E-state index >= 15 is 0 Å². The van der Waals surface area contributed by atoms with Crippen molar-refractivity contribution in [1.82, 2.24) is 9.55 Å². The molecule has 0 aliphatic carbocycles. The molecule has 3 N–H and O–H groups in total. The van der Waals surface area contributed by atoms with Gasteiger partial charge in [0, 0.05) is 18.4 Å². The molecule has 9 heteroatoms. The summed E-state index contributed by atoms with van der Waals surface area (Å²) in [6.07, 6.45) is 2.95. The second-order valence-electron chi connectivity index (χ2n) is 4.84. The van der Waals surface area contributed by atoms with Crippen molar-refractivity contribution in [2.75, 3.05) is 6.16 Å². The molecular formula is C11H17N2O6P. The summed E-state index contributed by atoms with van der Waals surface area (Å²) in [7, 11) is -3.96. The number of aromatic nitrogens is 2. The SMILES string of the molecule is O=c1ccn([C@H]2CC[C@@H](CCCP(=O)(O)O)O2)c(=O)[nH]1. The van der Waals surface area contributed by atoms with Crippen LogP contribution in [0.3, 0.4) is 0 Å². The molecule has 8 nitrogen and oxygen atoms in total. The highest BCUT2D eigenvalue weighted by Gasteiger charge is 2.27. The molecule has 0 aromatic carbocycles. The number of hydrogen-bond donors (Lipinski definition) is 3. The molecular weight excluding hydrogens is 287 g/mol. The van der Waals surface area contributed by atoms with Gasteiger partial charge < -0.3 is 14.5 Å². The summed E-state index contributed by atoms with van der Waals surface area (Å²) in [6.45, 7) is 0. The van der Waals surface area contributed by atoms with Gasteiger partial charge in [-0.15, -0.1) is 0 Å². The van der Waals surface area contributed by atoms with Gasteiger partial charge in [0.25, 0.3) is 5.56 Å². The van der Waals surface area contributed by atoms with Crippen molar-refractivity contribution in [1.29, 1.82) is 0 Å². The first-order valence-electron chi connectivity index (χ1n) is 6.37. The Labute approximate surface area is 114 Å². The average Bonchev–Trinajstić information content (AvgIpc) is 2.75. The lowest BCUT2D eigenvalue weighted by Gasteiger charge is -2.15. The molecule has 1 fully saturated rings. The minimum absolute atomic E-state index is 0.120. The standard InChI is InChI=1S/C11H17N2O6P/c14-9-5-6-13(11(15)12-9)10-4-3-8(19-10)2-1-7-20(16,17)18/h5-6,8,10H,1-4,7H2,(H,12,14,15)(H2,16,17,18)/t8-,10-/m1/s1. The Bertz CT molecular complexity index is 618. The van der Waals surface area contributed by atoms with Gasteiger partial charge in [-0.1, -0.05) is 0 Å². The van der Waals surface area contributed by atoms with E-state index < -0.39 is 25.1 Å². The maximum absolute atomic E-state index is 11.6. The van der Waals surface area contributed by atoms with Gasteiger partial charge in [-0.25, -0.2) is 4.79 Å². The topological polar surface area (TPSA) is 122 Å². The number of nitrogens with zero attached hydrogens (tertiary/aromatic N) is 1. The molecule has 2 heterocycles. The van der Waals surface area contributed by atoms with E-state index in [0.717, 1.165) is 6.42 Å². The van der Waals surface area contributed by atoms with E-state index in [-0.39, 0.29) is 12.3 Å². The van der Waals surface area contributed by atoms with Crippen molar-refractivity contribution < 1.29 is 19.1 Å². The van der Waals surface area contributed by atoms with Crippen LogP contribution in [0, 0.1) is 0 Å². The van der Waals surface area contributed by atoms with Crippen molar-refractivity contribution in [3.8, 4) is 0 Å². The van der Waals surface area contributed by atoms with Crippen LogP contribution < -0.4 is 11.2 Å². The summed E-state index contributed by atoms with van der Waals surface area (Å²) in [4.78, 5) is 42.3. The summed E-state index contributed by atoms with van der Waals surface area (Å²) in [6, 6.07) is 1.26. The molecule has 112 valence electrons. The van der Waals surface area contributed by atoms with E-state index in [4.69, 9.17) is 14.5 Å². The van der Waals surface area contributed by atoms with Crippen molar-refractivity contribution in [3.63, 3.8) is 0 Å². The first-order chi connectivity index (χ1) is 9.35. The maximum Gasteiger partial charge on any atom is 0.330 e. The molecule has 0 saturated carbocycles. The van der Waals surface area contributed by atoms with Gasteiger partial charge in [-0.3, -0.25) is 18.9 Å². The summed E-state index contributed by atoms with van der Waals surface area (Å²) < 4.78 is 17.7. The summed E-state index contributed by atoms with van der Waals surface area (Å²) >= 11 is 0. The van der Waals surface area contributed by atoms with Crippen LogP contribution in [0.2, 0.25) is 0 Å². The molecule has 0 unspecified atom stereocenters. The third-order valence-corrected chi connectivity index (χ3v) is 4.12. The fourth-order valence-electron chi connectivity index (χ4n) is 2.28. The van der Waals surface area contributed by atoms with Crippen LogP contribution in [0.5, 0.6) is 0 Å². The lowest BCUT2D eigenvalue weighted by molar-refractivity contribution is -0.00434. The van der Waals surface area contributed by atoms with E-state index in [2.05, 4.69) is 4.98 Å². The normalized spacial score (nSPS) is 23.1. The Balaban J connectivity index is 1.90. The largest absolute Gasteiger partial charge is 0.355 e. The van der Waals surface area contributed by atoms with Crippen LogP contribution in [0.15, 0.2) is 21.9 Å². The first-order valence-corrected chi connectivity index (χ1v) is 8.16. The Kier molecular flexibility index (Phi) is 4.59. The average molecular weight is 304 g/mol. The molecule has 2 atom stereocenters. The number of H-pyrrole nitrogens is 1. The molecule has 0 bridgehead atoms. The number of ether oxygens (including phenoxy) is 1. The summed E-state index contributed by atoms with van der Waals surface area (Å²) in [5.74, 6) is 0. The lowest BCUT2D eigenvalue weighted by Crippen LogP contribution is -2.31. The van der Waals surface area contributed by atoms with Gasteiger partial charge in [-0.2, -0.15) is 0 Å². The monoisotopic (exact) mass is 304 g/mol. The van der Waals surface area contributed by atoms with E-state index in [1.54, 1.807) is 0 Å². The minimum atomic E-state index is -3.96. The molecule has 0 amide bonds. The van der Waals surface area contributed by atoms with Crippen LogP contribution in [-0.2, 0) is 9.30 Å². The van der Waals surface area contributed by atoms with Crippen LogP contribution in [0.1, 0.15) is 31.9 Å². The van der Waals surface area contributed by atoms with E-state index in [9.17, 15) is 14.2 Å². The molecule has 1 saturated heterocycles. The molecule has 1 aliphatic heterocycles. The number of aromatic amines is 1. The fourth-order valence-corrected chi connectivity index (χ4v) is 2.88. The number of hydrogen-bond acceptors (Lipinski definition) is 4. The predicted molar refractivity (Wildman–Crippen MR) is 70.6 cm³/mol. The Morgan fingerprint density at radius 3 is 2.80 bits per heavy atom. The Morgan fingerprint density at radius 2 is 2.15 bits per heavy atom. The zero-order valence-electron chi connectivity index (χ0n) is 10.8. The van der Waals surface area contributed by atoms with Crippen molar-refractivity contribution in [2.45, 2.75) is 38.0 Å². The molecule has 0 spiro atoms. The zero-order valence-corrected chi connectivity index (χ0v) is 11.7. The third kappa shape index (κ3) is 4.14. The van der Waals surface area contributed by atoms with Gasteiger partial charge >= 0.3 is 13.3 Å². The lowest BCUT2D eigenvalue weighted by atomic mass is 10.1. The first kappa shape index (κ1) is 15.2. The molecule has 2 rings (SSSR count). The third-order valence-electron chi connectivity index (χ3n) is 3.22.